The second-order valence-electron chi connectivity index (χ2n) is 5.88. The summed E-state index contributed by atoms with van der Waals surface area (Å²) in [6.45, 7) is 7.88. The highest BCUT2D eigenvalue weighted by atomic mass is 79.9. The number of rotatable bonds is 7. The average molecular weight is 327 g/mol. The van der Waals surface area contributed by atoms with Crippen LogP contribution in [0.4, 0.5) is 0 Å². The number of nitrogens with two attached hydrogens (primary N) is 1. The van der Waals surface area contributed by atoms with Crippen LogP contribution in [0.5, 0.6) is 0 Å². The normalized spacial score (nSPS) is 14.9. The summed E-state index contributed by atoms with van der Waals surface area (Å²) >= 11 is 3.57. The van der Waals surface area contributed by atoms with Gasteiger partial charge in [-0.3, -0.25) is 0 Å². The second kappa shape index (κ2) is 8.03. The van der Waals surface area contributed by atoms with Crippen LogP contribution in [-0.2, 0) is 0 Å². The topological polar surface area (TPSA) is 29.3 Å². The molecular weight excluding hydrogens is 300 g/mol. The number of hydrogen-bond donors (Lipinski definition) is 1. The summed E-state index contributed by atoms with van der Waals surface area (Å²) in [5, 5.41) is 0. The molecule has 0 saturated heterocycles. The lowest BCUT2D eigenvalue weighted by Gasteiger charge is -2.27. The summed E-state index contributed by atoms with van der Waals surface area (Å²) in [6.07, 6.45) is 2.22. The van der Waals surface area contributed by atoms with Gasteiger partial charge >= 0.3 is 0 Å². The zero-order valence-electron chi connectivity index (χ0n) is 12.6. The molecule has 2 unspecified atom stereocenters. The largest absolute Gasteiger partial charge is 0.324 e. The molecule has 1 aromatic rings. The van der Waals surface area contributed by atoms with Crippen LogP contribution in [0.2, 0.25) is 0 Å². The van der Waals surface area contributed by atoms with E-state index in [2.05, 4.69) is 60.8 Å². The van der Waals surface area contributed by atoms with E-state index >= 15 is 0 Å². The zero-order chi connectivity index (χ0) is 14.4. The lowest BCUT2D eigenvalue weighted by atomic mass is 10.0. The molecule has 0 bridgehead atoms. The van der Waals surface area contributed by atoms with Gasteiger partial charge in [0.05, 0.1) is 0 Å². The van der Waals surface area contributed by atoms with Crippen LogP contribution in [0.1, 0.15) is 45.2 Å². The van der Waals surface area contributed by atoms with Crippen molar-refractivity contribution in [3.8, 4) is 0 Å². The zero-order valence-corrected chi connectivity index (χ0v) is 14.2. The van der Waals surface area contributed by atoms with Crippen molar-refractivity contribution in [3.05, 3.63) is 34.3 Å². The Labute approximate surface area is 126 Å². The van der Waals surface area contributed by atoms with Crippen LogP contribution in [0, 0.1) is 5.92 Å². The Balaban J connectivity index is 2.46. The van der Waals surface area contributed by atoms with E-state index in [4.69, 9.17) is 5.73 Å². The highest BCUT2D eigenvalue weighted by Crippen LogP contribution is 2.24. The van der Waals surface area contributed by atoms with Crippen LogP contribution in [0.3, 0.4) is 0 Å². The molecule has 0 aliphatic carbocycles. The smallest absolute Gasteiger partial charge is 0.0318 e. The molecule has 2 N–H and O–H groups in total. The Morgan fingerprint density at radius 2 is 1.84 bits per heavy atom. The van der Waals surface area contributed by atoms with E-state index in [0.717, 1.165) is 23.4 Å². The van der Waals surface area contributed by atoms with Crippen LogP contribution >= 0.6 is 15.9 Å². The molecule has 0 spiro atoms. The quantitative estimate of drug-likeness (QED) is 0.813. The van der Waals surface area contributed by atoms with E-state index in [-0.39, 0.29) is 6.04 Å². The Bertz CT molecular complexity index is 379. The Morgan fingerprint density at radius 3 is 2.42 bits per heavy atom. The molecule has 108 valence electrons. The first-order chi connectivity index (χ1) is 8.91. The van der Waals surface area contributed by atoms with Gasteiger partial charge in [-0.15, -0.1) is 0 Å². The first kappa shape index (κ1) is 16.7. The fourth-order valence-electron chi connectivity index (χ4n) is 2.36. The van der Waals surface area contributed by atoms with Crippen LogP contribution in [0.15, 0.2) is 28.7 Å². The molecule has 0 aliphatic rings. The summed E-state index contributed by atoms with van der Waals surface area (Å²) in [4.78, 5) is 2.41. The van der Waals surface area contributed by atoms with E-state index in [0.29, 0.717) is 6.04 Å². The minimum atomic E-state index is 0.101. The first-order valence-electron chi connectivity index (χ1n) is 7.12. The Morgan fingerprint density at radius 1 is 1.21 bits per heavy atom. The summed E-state index contributed by atoms with van der Waals surface area (Å²) in [5.41, 5.74) is 7.49. The lowest BCUT2D eigenvalue weighted by Crippen LogP contribution is -2.32. The van der Waals surface area contributed by atoms with E-state index in [1.54, 1.807) is 0 Å². The van der Waals surface area contributed by atoms with Gasteiger partial charge in [-0.25, -0.2) is 0 Å². The van der Waals surface area contributed by atoms with Crippen LogP contribution < -0.4 is 5.73 Å². The second-order valence-corrected chi connectivity index (χ2v) is 6.73. The van der Waals surface area contributed by atoms with E-state index in [9.17, 15) is 0 Å². The third-order valence-corrected chi connectivity index (χ3v) is 4.38. The molecule has 1 rings (SSSR count). The monoisotopic (exact) mass is 326 g/mol. The van der Waals surface area contributed by atoms with Gasteiger partial charge in [0.1, 0.15) is 0 Å². The molecule has 0 aliphatic heterocycles. The van der Waals surface area contributed by atoms with Crippen molar-refractivity contribution in [2.75, 3.05) is 13.6 Å². The molecule has 2 nitrogen and oxygen atoms in total. The summed E-state index contributed by atoms with van der Waals surface area (Å²) in [5.74, 6) is 0.745. The van der Waals surface area contributed by atoms with Crippen molar-refractivity contribution in [1.82, 2.24) is 4.90 Å². The van der Waals surface area contributed by atoms with Gasteiger partial charge in [-0.1, -0.05) is 48.0 Å². The van der Waals surface area contributed by atoms with Gasteiger partial charge < -0.3 is 10.6 Å². The highest BCUT2D eigenvalue weighted by molar-refractivity contribution is 9.10. The van der Waals surface area contributed by atoms with Gasteiger partial charge in [0.15, 0.2) is 0 Å². The first-order valence-corrected chi connectivity index (χ1v) is 7.91. The van der Waals surface area contributed by atoms with Crippen molar-refractivity contribution in [3.63, 3.8) is 0 Å². The molecule has 1 aromatic carbocycles. The lowest BCUT2D eigenvalue weighted by molar-refractivity contribution is 0.221. The van der Waals surface area contributed by atoms with Crippen molar-refractivity contribution in [1.29, 1.82) is 0 Å². The van der Waals surface area contributed by atoms with E-state index in [1.807, 2.05) is 12.1 Å². The number of hydrogen-bond acceptors (Lipinski definition) is 2. The third-order valence-electron chi connectivity index (χ3n) is 3.66. The van der Waals surface area contributed by atoms with Gasteiger partial charge in [-0.2, -0.15) is 0 Å². The maximum absolute atomic E-state index is 6.29. The van der Waals surface area contributed by atoms with E-state index in [1.165, 1.54) is 12.0 Å². The predicted molar refractivity (Wildman–Crippen MR) is 87.2 cm³/mol. The van der Waals surface area contributed by atoms with Crippen LogP contribution in [-0.4, -0.2) is 24.5 Å². The van der Waals surface area contributed by atoms with Gasteiger partial charge in [0, 0.05) is 16.6 Å². The van der Waals surface area contributed by atoms with Crippen molar-refractivity contribution >= 4 is 15.9 Å². The fourth-order valence-corrected chi connectivity index (χ4v) is 2.94. The van der Waals surface area contributed by atoms with E-state index < -0.39 is 0 Å². The molecule has 0 radical (unpaired) electrons. The van der Waals surface area contributed by atoms with Crippen molar-refractivity contribution in [2.24, 2.45) is 11.7 Å². The minimum Gasteiger partial charge on any atom is -0.324 e. The summed E-state index contributed by atoms with van der Waals surface area (Å²) in [6, 6.07) is 8.95. The van der Waals surface area contributed by atoms with Crippen molar-refractivity contribution < 1.29 is 0 Å². The van der Waals surface area contributed by atoms with Gasteiger partial charge in [0.25, 0.3) is 0 Å². The van der Waals surface area contributed by atoms with Gasteiger partial charge in [0.2, 0.25) is 0 Å². The molecule has 3 heteroatoms. The summed E-state index contributed by atoms with van der Waals surface area (Å²) < 4.78 is 1.11. The average Bonchev–Trinajstić information content (AvgIpc) is 2.35. The number of halogens is 1. The molecule has 0 aromatic heterocycles. The standard InChI is InChI=1S/C16H27BrN2/c1-12(2)11-13(3)19(4)10-9-16(18)14-7-5-6-8-15(14)17/h5-8,12-13,16H,9-11,18H2,1-4H3. The number of benzene rings is 1. The maximum Gasteiger partial charge on any atom is 0.0318 e. The predicted octanol–water partition coefficient (Wildman–Crippen LogP) is 4.21. The molecule has 0 heterocycles. The molecule has 0 amide bonds. The number of nitrogens with zero attached hydrogens (tertiary/aromatic N) is 1. The molecular formula is C16H27BrN2. The SMILES string of the molecule is CC(C)CC(C)N(C)CCC(N)c1ccccc1Br. The Kier molecular flexibility index (Phi) is 7.05. The Hall–Kier alpha value is -0.380. The minimum absolute atomic E-state index is 0.101. The van der Waals surface area contributed by atoms with Crippen LogP contribution in [0.25, 0.3) is 0 Å². The van der Waals surface area contributed by atoms with Gasteiger partial charge in [-0.05, 0) is 50.9 Å². The maximum atomic E-state index is 6.29. The fraction of sp³-hybridized carbons (Fsp3) is 0.625. The van der Waals surface area contributed by atoms with Crippen molar-refractivity contribution in [2.45, 2.75) is 45.7 Å². The molecule has 0 fully saturated rings. The summed E-state index contributed by atoms with van der Waals surface area (Å²) in [7, 11) is 2.19. The molecule has 19 heavy (non-hydrogen) atoms. The molecule has 0 saturated carbocycles. The highest BCUT2D eigenvalue weighted by Gasteiger charge is 2.14. The third kappa shape index (κ3) is 5.64. The molecule has 2 atom stereocenters.